The van der Waals surface area contributed by atoms with Crippen LogP contribution in [0, 0.1) is 0 Å². The fourth-order valence-electron chi connectivity index (χ4n) is 2.63. The minimum atomic E-state index is -4.35. The van der Waals surface area contributed by atoms with Gasteiger partial charge in [-0.1, -0.05) is 6.07 Å². The highest BCUT2D eigenvalue weighted by molar-refractivity contribution is 9.11. The zero-order valence-electron chi connectivity index (χ0n) is 12.5. The molecule has 0 aliphatic carbocycles. The Bertz CT molecular complexity index is 739. The van der Waals surface area contributed by atoms with Crippen molar-refractivity contribution in [1.82, 2.24) is 4.90 Å². The van der Waals surface area contributed by atoms with Gasteiger partial charge in [0.2, 0.25) is 0 Å². The van der Waals surface area contributed by atoms with Gasteiger partial charge in [-0.25, -0.2) is 0 Å². The molecule has 1 aromatic carbocycles. The molecule has 1 fully saturated rings. The van der Waals surface area contributed by atoms with E-state index in [1.807, 2.05) is 11.0 Å². The molecule has 3 nitrogen and oxygen atoms in total. The van der Waals surface area contributed by atoms with Crippen LogP contribution in [0.1, 0.15) is 15.2 Å². The normalized spacial score (nSPS) is 15.7. The van der Waals surface area contributed by atoms with Crippen molar-refractivity contribution in [2.45, 2.75) is 6.18 Å². The molecule has 0 bridgehead atoms. The zero-order chi connectivity index (χ0) is 17.3. The second kappa shape index (κ2) is 6.76. The number of halogens is 4. The number of hydrogen-bond donors (Lipinski definition) is 0. The first-order chi connectivity index (χ1) is 11.3. The highest BCUT2D eigenvalue weighted by Crippen LogP contribution is 2.32. The Hall–Kier alpha value is -1.54. The van der Waals surface area contributed by atoms with E-state index in [4.69, 9.17) is 0 Å². The van der Waals surface area contributed by atoms with Crippen LogP contribution in [0.25, 0.3) is 0 Å². The number of thiophene rings is 1. The summed E-state index contributed by atoms with van der Waals surface area (Å²) < 4.78 is 39.4. The molecule has 2 aromatic rings. The van der Waals surface area contributed by atoms with E-state index in [-0.39, 0.29) is 5.91 Å². The predicted octanol–water partition coefficient (Wildman–Crippen LogP) is 4.49. The Kier molecular flexibility index (Phi) is 4.87. The minimum Gasteiger partial charge on any atom is -0.368 e. The molecule has 1 amide bonds. The van der Waals surface area contributed by atoms with Crippen molar-refractivity contribution in [3.8, 4) is 0 Å². The lowest BCUT2D eigenvalue weighted by atomic mass is 10.1. The second-order valence-electron chi connectivity index (χ2n) is 5.43. The third-order valence-corrected chi connectivity index (χ3v) is 5.50. The Balaban J connectivity index is 1.66. The van der Waals surface area contributed by atoms with Gasteiger partial charge in [0, 0.05) is 31.9 Å². The summed E-state index contributed by atoms with van der Waals surface area (Å²) in [6, 6.07) is 8.92. The van der Waals surface area contributed by atoms with Gasteiger partial charge in [-0.3, -0.25) is 4.79 Å². The molecule has 1 aliphatic rings. The number of piperazine rings is 1. The highest BCUT2D eigenvalue weighted by atomic mass is 79.9. The fourth-order valence-corrected chi connectivity index (χ4v) is 3.99. The summed E-state index contributed by atoms with van der Waals surface area (Å²) in [5.41, 5.74) is -0.113. The van der Waals surface area contributed by atoms with Crippen LogP contribution in [0.2, 0.25) is 0 Å². The molecular formula is C16H14BrF3N2OS. The van der Waals surface area contributed by atoms with Crippen LogP contribution in [0.5, 0.6) is 0 Å². The van der Waals surface area contributed by atoms with Crippen LogP contribution in [0.15, 0.2) is 40.2 Å². The van der Waals surface area contributed by atoms with E-state index in [1.165, 1.54) is 17.4 Å². The molecule has 0 N–H and O–H groups in total. The van der Waals surface area contributed by atoms with Gasteiger partial charge in [-0.15, -0.1) is 11.3 Å². The van der Waals surface area contributed by atoms with Crippen LogP contribution in [0.4, 0.5) is 18.9 Å². The molecule has 0 radical (unpaired) electrons. The van der Waals surface area contributed by atoms with Crippen molar-refractivity contribution in [3.05, 3.63) is 50.6 Å². The van der Waals surface area contributed by atoms with Crippen molar-refractivity contribution in [2.24, 2.45) is 0 Å². The summed E-state index contributed by atoms with van der Waals surface area (Å²) in [6.07, 6.45) is -4.35. The number of hydrogen-bond acceptors (Lipinski definition) is 3. The van der Waals surface area contributed by atoms with Gasteiger partial charge in [0.1, 0.15) is 0 Å². The maximum absolute atomic E-state index is 12.8. The summed E-state index contributed by atoms with van der Waals surface area (Å²) in [5.74, 6) is -0.0330. The Morgan fingerprint density at radius 1 is 1.08 bits per heavy atom. The Morgan fingerprint density at radius 2 is 1.79 bits per heavy atom. The van der Waals surface area contributed by atoms with E-state index in [2.05, 4.69) is 15.9 Å². The van der Waals surface area contributed by atoms with Crippen molar-refractivity contribution in [1.29, 1.82) is 0 Å². The van der Waals surface area contributed by atoms with Gasteiger partial charge < -0.3 is 9.80 Å². The van der Waals surface area contributed by atoms with Gasteiger partial charge in [-0.05, 0) is 46.3 Å². The lowest BCUT2D eigenvalue weighted by molar-refractivity contribution is -0.137. The zero-order valence-corrected chi connectivity index (χ0v) is 14.9. The smallest absolute Gasteiger partial charge is 0.368 e. The summed E-state index contributed by atoms with van der Waals surface area (Å²) in [6.45, 7) is 2.01. The third-order valence-electron chi connectivity index (χ3n) is 3.89. The maximum Gasteiger partial charge on any atom is 0.416 e. The third kappa shape index (κ3) is 3.75. The number of rotatable bonds is 2. The highest BCUT2D eigenvalue weighted by Gasteiger charge is 2.31. The molecule has 0 spiro atoms. The molecule has 3 rings (SSSR count). The van der Waals surface area contributed by atoms with E-state index in [9.17, 15) is 18.0 Å². The predicted molar refractivity (Wildman–Crippen MR) is 91.6 cm³/mol. The average molecular weight is 419 g/mol. The summed E-state index contributed by atoms with van der Waals surface area (Å²) in [7, 11) is 0. The lowest BCUT2D eigenvalue weighted by Crippen LogP contribution is -2.48. The minimum absolute atomic E-state index is 0.0330. The first kappa shape index (κ1) is 17.3. The summed E-state index contributed by atoms with van der Waals surface area (Å²) >= 11 is 4.71. The second-order valence-corrected chi connectivity index (χ2v) is 7.89. The van der Waals surface area contributed by atoms with Crippen molar-refractivity contribution in [3.63, 3.8) is 0 Å². The lowest BCUT2D eigenvalue weighted by Gasteiger charge is -2.36. The molecule has 1 aliphatic heterocycles. The topological polar surface area (TPSA) is 23.6 Å². The first-order valence-corrected chi connectivity index (χ1v) is 8.92. The largest absolute Gasteiger partial charge is 0.416 e. The quantitative estimate of drug-likeness (QED) is 0.716. The fraction of sp³-hybridized carbons (Fsp3) is 0.312. The van der Waals surface area contributed by atoms with Crippen LogP contribution >= 0.6 is 27.3 Å². The standard InChI is InChI=1S/C16H14BrF3N2OS/c17-14-5-4-13(24-14)15(23)22-8-6-21(7-9-22)12-3-1-2-11(10-12)16(18,19)20/h1-5,10H,6-9H2. The Labute approximate surface area is 149 Å². The van der Waals surface area contributed by atoms with E-state index < -0.39 is 11.7 Å². The average Bonchev–Trinajstić information content (AvgIpc) is 3.00. The number of alkyl halides is 3. The number of anilines is 1. The maximum atomic E-state index is 12.8. The van der Waals surface area contributed by atoms with Crippen molar-refractivity contribution in [2.75, 3.05) is 31.1 Å². The van der Waals surface area contributed by atoms with E-state index >= 15 is 0 Å². The molecule has 2 heterocycles. The van der Waals surface area contributed by atoms with Gasteiger partial charge in [-0.2, -0.15) is 13.2 Å². The molecular weight excluding hydrogens is 405 g/mol. The summed E-state index contributed by atoms with van der Waals surface area (Å²) in [5, 5.41) is 0. The summed E-state index contributed by atoms with van der Waals surface area (Å²) in [4.78, 5) is 16.7. The van der Waals surface area contributed by atoms with Gasteiger partial charge in [0.05, 0.1) is 14.2 Å². The van der Waals surface area contributed by atoms with Crippen LogP contribution in [0.3, 0.4) is 0 Å². The molecule has 24 heavy (non-hydrogen) atoms. The molecule has 8 heteroatoms. The number of carbonyl (C=O) groups excluding carboxylic acids is 1. The molecule has 1 saturated heterocycles. The van der Waals surface area contributed by atoms with E-state index in [0.29, 0.717) is 36.7 Å². The molecule has 128 valence electrons. The molecule has 0 saturated carbocycles. The van der Waals surface area contributed by atoms with E-state index in [1.54, 1.807) is 17.0 Å². The molecule has 1 aromatic heterocycles. The van der Waals surface area contributed by atoms with Crippen molar-refractivity contribution < 1.29 is 18.0 Å². The SMILES string of the molecule is O=C(c1ccc(Br)s1)N1CCN(c2cccc(C(F)(F)F)c2)CC1. The molecule has 0 unspecified atom stereocenters. The Morgan fingerprint density at radius 3 is 2.38 bits per heavy atom. The van der Waals surface area contributed by atoms with E-state index in [0.717, 1.165) is 15.9 Å². The number of amides is 1. The van der Waals surface area contributed by atoms with Crippen LogP contribution in [-0.4, -0.2) is 37.0 Å². The molecule has 0 atom stereocenters. The van der Waals surface area contributed by atoms with Gasteiger partial charge in [0.25, 0.3) is 5.91 Å². The number of nitrogens with zero attached hydrogens (tertiary/aromatic N) is 2. The number of benzene rings is 1. The van der Waals surface area contributed by atoms with Crippen molar-refractivity contribution >= 4 is 38.9 Å². The van der Waals surface area contributed by atoms with Gasteiger partial charge >= 0.3 is 6.18 Å². The van der Waals surface area contributed by atoms with Gasteiger partial charge in [0.15, 0.2) is 0 Å². The number of carbonyl (C=O) groups is 1. The first-order valence-electron chi connectivity index (χ1n) is 7.31. The van der Waals surface area contributed by atoms with Crippen LogP contribution in [-0.2, 0) is 6.18 Å². The monoisotopic (exact) mass is 418 g/mol. The van der Waals surface area contributed by atoms with Crippen LogP contribution < -0.4 is 4.90 Å².